The van der Waals surface area contributed by atoms with Crippen molar-refractivity contribution < 1.29 is 23.4 Å². The van der Waals surface area contributed by atoms with Crippen LogP contribution < -0.4 is 24.5 Å². The predicted octanol–water partition coefficient (Wildman–Crippen LogP) is 4.04. The highest BCUT2D eigenvalue weighted by molar-refractivity contribution is 7.13. The molecule has 3 heterocycles. The molecule has 34 heavy (non-hydrogen) atoms. The number of methoxy groups -OCH3 is 3. The molecule has 1 aliphatic rings. The lowest BCUT2D eigenvalue weighted by Gasteiger charge is -2.23. The molecular formula is C24H21N3O6S. The van der Waals surface area contributed by atoms with E-state index in [-0.39, 0.29) is 16.8 Å². The van der Waals surface area contributed by atoms with E-state index in [1.807, 2.05) is 13.8 Å². The first-order chi connectivity index (χ1) is 16.4. The minimum atomic E-state index is -0.827. The summed E-state index contributed by atoms with van der Waals surface area (Å²) >= 11 is 1.19. The maximum absolute atomic E-state index is 13.8. The lowest BCUT2D eigenvalue weighted by Crippen LogP contribution is -2.29. The summed E-state index contributed by atoms with van der Waals surface area (Å²) in [5.41, 5.74) is 4.33. The van der Waals surface area contributed by atoms with E-state index in [0.29, 0.717) is 38.9 Å². The van der Waals surface area contributed by atoms with Gasteiger partial charge in [-0.3, -0.25) is 14.5 Å². The first-order valence-corrected chi connectivity index (χ1v) is 11.2. The SMILES string of the molecule is COc1cc(C2c3c(oc4cc(C)c(C)cc4c3=O)C(=O)N2c2nncs2)cc(OC)c1OC. The number of rotatable bonds is 5. The highest BCUT2D eigenvalue weighted by Crippen LogP contribution is 2.46. The molecule has 1 atom stereocenters. The summed E-state index contributed by atoms with van der Waals surface area (Å²) in [6.45, 7) is 3.85. The summed E-state index contributed by atoms with van der Waals surface area (Å²) in [6, 6.07) is 6.17. The van der Waals surface area contributed by atoms with Gasteiger partial charge in [0.2, 0.25) is 16.6 Å². The fourth-order valence-electron chi connectivity index (χ4n) is 4.27. The standard InChI is InChI=1S/C24H21N3O6S/c1-11-6-14-15(7-12(11)2)33-22-18(20(14)28)19(27(23(22)29)24-26-25-10-34-24)13-8-16(30-3)21(32-5)17(9-13)31-4/h6-10,19H,1-5H3. The van der Waals surface area contributed by atoms with Crippen molar-refractivity contribution in [1.82, 2.24) is 10.2 Å². The van der Waals surface area contributed by atoms with Gasteiger partial charge in [0.1, 0.15) is 11.1 Å². The van der Waals surface area contributed by atoms with Gasteiger partial charge >= 0.3 is 0 Å². The number of aromatic nitrogens is 2. The third kappa shape index (κ3) is 3.13. The quantitative estimate of drug-likeness (QED) is 0.423. The number of amides is 1. The number of hydrogen-bond acceptors (Lipinski definition) is 9. The van der Waals surface area contributed by atoms with Crippen LogP contribution in [0.15, 0.2) is 39.0 Å². The molecule has 1 unspecified atom stereocenters. The summed E-state index contributed by atoms with van der Waals surface area (Å²) in [6.07, 6.45) is 0. The Morgan fingerprint density at radius 3 is 2.24 bits per heavy atom. The third-order valence-corrected chi connectivity index (χ3v) is 6.73. The average Bonchev–Trinajstić information content (AvgIpc) is 3.46. The van der Waals surface area contributed by atoms with Gasteiger partial charge in [0.25, 0.3) is 5.91 Å². The first kappa shape index (κ1) is 21.9. The number of carbonyl (C=O) groups excluding carboxylic acids is 1. The van der Waals surface area contributed by atoms with Crippen LogP contribution in [-0.2, 0) is 0 Å². The zero-order valence-corrected chi connectivity index (χ0v) is 20.0. The van der Waals surface area contributed by atoms with Crippen LogP contribution in [-0.4, -0.2) is 37.4 Å². The maximum atomic E-state index is 13.8. The molecule has 0 radical (unpaired) electrons. The van der Waals surface area contributed by atoms with Crippen LogP contribution >= 0.6 is 11.3 Å². The molecular weight excluding hydrogens is 458 g/mol. The minimum absolute atomic E-state index is 0.0188. The number of ether oxygens (including phenoxy) is 3. The van der Waals surface area contributed by atoms with Gasteiger partial charge in [-0.1, -0.05) is 11.3 Å². The van der Waals surface area contributed by atoms with Gasteiger partial charge in [0.15, 0.2) is 16.9 Å². The zero-order valence-electron chi connectivity index (χ0n) is 19.2. The number of fused-ring (bicyclic) bond motifs is 2. The maximum Gasteiger partial charge on any atom is 0.297 e. The lowest BCUT2D eigenvalue weighted by molar-refractivity contribution is 0.0970. The zero-order chi connectivity index (χ0) is 24.1. The predicted molar refractivity (Wildman–Crippen MR) is 127 cm³/mol. The number of benzene rings is 2. The molecule has 0 spiro atoms. The van der Waals surface area contributed by atoms with Gasteiger partial charge < -0.3 is 18.6 Å². The molecule has 1 amide bonds. The van der Waals surface area contributed by atoms with Crippen LogP contribution in [0.5, 0.6) is 17.2 Å². The Kier molecular flexibility index (Phi) is 5.24. The number of carbonyl (C=O) groups is 1. The average molecular weight is 480 g/mol. The lowest BCUT2D eigenvalue weighted by atomic mass is 9.97. The van der Waals surface area contributed by atoms with Gasteiger partial charge in [-0.05, 0) is 54.8 Å². The molecule has 2 aromatic carbocycles. The summed E-state index contributed by atoms with van der Waals surface area (Å²) in [5, 5.41) is 8.73. The number of aryl methyl sites for hydroxylation is 2. The highest BCUT2D eigenvalue weighted by atomic mass is 32.1. The molecule has 0 N–H and O–H groups in total. The van der Waals surface area contributed by atoms with Gasteiger partial charge in [-0.25, -0.2) is 0 Å². The first-order valence-electron chi connectivity index (χ1n) is 10.4. The molecule has 0 fully saturated rings. The van der Waals surface area contributed by atoms with Crippen LogP contribution in [0, 0.1) is 13.8 Å². The molecule has 0 bridgehead atoms. The van der Waals surface area contributed by atoms with E-state index in [2.05, 4.69) is 10.2 Å². The Labute approximate surface area is 198 Å². The molecule has 174 valence electrons. The monoisotopic (exact) mass is 479 g/mol. The molecule has 5 rings (SSSR count). The van der Waals surface area contributed by atoms with Crippen LogP contribution in [0.2, 0.25) is 0 Å². The van der Waals surface area contributed by atoms with Gasteiger partial charge in [0, 0.05) is 0 Å². The Morgan fingerprint density at radius 1 is 0.971 bits per heavy atom. The molecule has 0 saturated heterocycles. The number of anilines is 1. The van der Waals surface area contributed by atoms with E-state index in [1.54, 1.807) is 24.3 Å². The number of hydrogen-bond donors (Lipinski definition) is 0. The van der Waals surface area contributed by atoms with Crippen LogP contribution in [0.1, 0.15) is 38.9 Å². The van der Waals surface area contributed by atoms with Crippen LogP contribution in [0.25, 0.3) is 11.0 Å². The molecule has 2 aromatic heterocycles. The topological polar surface area (TPSA) is 104 Å². The van der Waals surface area contributed by atoms with Crippen molar-refractivity contribution >= 4 is 33.3 Å². The molecule has 4 aromatic rings. The van der Waals surface area contributed by atoms with Crippen molar-refractivity contribution in [2.24, 2.45) is 0 Å². The van der Waals surface area contributed by atoms with Crippen molar-refractivity contribution in [2.75, 3.05) is 26.2 Å². The Hall–Kier alpha value is -3.92. The molecule has 9 nitrogen and oxygen atoms in total. The van der Waals surface area contributed by atoms with Gasteiger partial charge in [-0.2, -0.15) is 0 Å². The molecule has 1 aliphatic heterocycles. The van der Waals surface area contributed by atoms with Crippen LogP contribution in [0.3, 0.4) is 0 Å². The van der Waals surface area contributed by atoms with Gasteiger partial charge in [0.05, 0.1) is 38.3 Å². The van der Waals surface area contributed by atoms with Crippen LogP contribution in [0.4, 0.5) is 5.13 Å². The number of nitrogens with zero attached hydrogens (tertiary/aromatic N) is 3. The Balaban J connectivity index is 1.84. The summed E-state index contributed by atoms with van der Waals surface area (Å²) in [5.74, 6) is 0.702. The van der Waals surface area contributed by atoms with E-state index in [0.717, 1.165) is 11.1 Å². The molecule has 0 aliphatic carbocycles. The highest BCUT2D eigenvalue weighted by Gasteiger charge is 2.45. The van der Waals surface area contributed by atoms with E-state index >= 15 is 0 Å². The smallest absolute Gasteiger partial charge is 0.297 e. The van der Waals surface area contributed by atoms with E-state index in [4.69, 9.17) is 18.6 Å². The Morgan fingerprint density at radius 2 is 1.65 bits per heavy atom. The normalized spacial score (nSPS) is 15.0. The fraction of sp³-hybridized carbons (Fsp3) is 0.250. The van der Waals surface area contributed by atoms with E-state index in [1.165, 1.54) is 43.1 Å². The largest absolute Gasteiger partial charge is 0.493 e. The molecule has 0 saturated carbocycles. The van der Waals surface area contributed by atoms with Crippen molar-refractivity contribution in [3.63, 3.8) is 0 Å². The molecule has 10 heteroatoms. The second-order valence-corrected chi connectivity index (χ2v) is 8.68. The summed E-state index contributed by atoms with van der Waals surface area (Å²) in [7, 11) is 4.52. The minimum Gasteiger partial charge on any atom is -0.493 e. The summed E-state index contributed by atoms with van der Waals surface area (Å²) < 4.78 is 22.5. The van der Waals surface area contributed by atoms with Crippen molar-refractivity contribution in [3.05, 3.63) is 68.0 Å². The van der Waals surface area contributed by atoms with E-state index < -0.39 is 11.9 Å². The van der Waals surface area contributed by atoms with Gasteiger partial charge in [-0.15, -0.1) is 10.2 Å². The third-order valence-electron chi connectivity index (χ3n) is 6.04. The van der Waals surface area contributed by atoms with Crippen molar-refractivity contribution in [2.45, 2.75) is 19.9 Å². The van der Waals surface area contributed by atoms with Crippen molar-refractivity contribution in [3.8, 4) is 17.2 Å². The fourth-order valence-corrected chi connectivity index (χ4v) is 4.86. The van der Waals surface area contributed by atoms with E-state index in [9.17, 15) is 9.59 Å². The van der Waals surface area contributed by atoms with Crippen molar-refractivity contribution in [1.29, 1.82) is 0 Å². The summed E-state index contributed by atoms with van der Waals surface area (Å²) in [4.78, 5) is 28.8. The Bertz CT molecular complexity index is 1470. The second-order valence-electron chi connectivity index (χ2n) is 7.86. The second kappa shape index (κ2) is 8.14.